The summed E-state index contributed by atoms with van der Waals surface area (Å²) in [4.78, 5) is 2.43. The maximum Gasteiger partial charge on any atom is 0.118 e. The van der Waals surface area contributed by atoms with E-state index in [1.807, 2.05) is 12.1 Å². The molecule has 2 rings (SSSR count). The summed E-state index contributed by atoms with van der Waals surface area (Å²) in [5.74, 6) is 0.881. The van der Waals surface area contributed by atoms with Crippen molar-refractivity contribution in [3.8, 4) is 5.75 Å². The fourth-order valence-electron chi connectivity index (χ4n) is 2.48. The zero-order valence-corrected chi connectivity index (χ0v) is 11.6. The van der Waals surface area contributed by atoms with Crippen molar-refractivity contribution in [3.63, 3.8) is 0 Å². The fourth-order valence-corrected chi connectivity index (χ4v) is 2.48. The molecule has 18 heavy (non-hydrogen) atoms. The molecule has 1 aromatic carbocycles. The van der Waals surface area contributed by atoms with Crippen molar-refractivity contribution in [2.75, 3.05) is 14.2 Å². The number of benzene rings is 1. The Morgan fingerprint density at radius 2 is 1.89 bits per heavy atom. The van der Waals surface area contributed by atoms with Crippen molar-refractivity contribution in [1.82, 2.24) is 4.90 Å². The highest BCUT2D eigenvalue weighted by molar-refractivity contribution is 5.29. The lowest BCUT2D eigenvalue weighted by molar-refractivity contribution is 0.104. The third-order valence-electron chi connectivity index (χ3n) is 4.31. The Balaban J connectivity index is 2.01. The Morgan fingerprint density at radius 1 is 1.28 bits per heavy atom. The van der Waals surface area contributed by atoms with Crippen molar-refractivity contribution in [1.29, 1.82) is 0 Å². The van der Waals surface area contributed by atoms with Crippen molar-refractivity contribution < 1.29 is 4.74 Å². The van der Waals surface area contributed by atoms with Gasteiger partial charge in [-0.3, -0.25) is 4.90 Å². The van der Waals surface area contributed by atoms with Crippen LogP contribution >= 0.6 is 0 Å². The third-order valence-corrected chi connectivity index (χ3v) is 4.31. The lowest BCUT2D eigenvalue weighted by Crippen LogP contribution is -2.47. The van der Waals surface area contributed by atoms with Crippen LogP contribution in [0.4, 0.5) is 0 Å². The van der Waals surface area contributed by atoms with Gasteiger partial charge in [-0.05, 0) is 44.5 Å². The van der Waals surface area contributed by atoms with E-state index in [2.05, 4.69) is 31.0 Å². The highest BCUT2D eigenvalue weighted by atomic mass is 16.5. The standard InChI is InChI=1S/C15H24N2O/c1-11(17(2)13-5-4-6-13)15(16)12-7-9-14(18-3)10-8-12/h7-11,13,15H,4-6,16H2,1-3H3. The summed E-state index contributed by atoms with van der Waals surface area (Å²) in [5, 5.41) is 0. The Morgan fingerprint density at radius 3 is 2.33 bits per heavy atom. The van der Waals surface area contributed by atoms with Crippen LogP contribution in [0, 0.1) is 0 Å². The van der Waals surface area contributed by atoms with E-state index >= 15 is 0 Å². The number of ether oxygens (including phenoxy) is 1. The van der Waals surface area contributed by atoms with E-state index < -0.39 is 0 Å². The maximum atomic E-state index is 6.37. The van der Waals surface area contributed by atoms with E-state index in [1.54, 1.807) is 7.11 Å². The molecule has 1 aliphatic carbocycles. The van der Waals surface area contributed by atoms with Crippen molar-refractivity contribution in [3.05, 3.63) is 29.8 Å². The molecule has 2 unspecified atom stereocenters. The highest BCUT2D eigenvalue weighted by Gasteiger charge is 2.28. The molecule has 1 fully saturated rings. The molecule has 0 aromatic heterocycles. The lowest BCUT2D eigenvalue weighted by Gasteiger charge is -2.40. The van der Waals surface area contributed by atoms with Gasteiger partial charge in [0.1, 0.15) is 5.75 Å². The lowest BCUT2D eigenvalue weighted by atomic mass is 9.89. The molecule has 0 bridgehead atoms. The second kappa shape index (κ2) is 5.72. The summed E-state index contributed by atoms with van der Waals surface area (Å²) >= 11 is 0. The summed E-state index contributed by atoms with van der Waals surface area (Å²) < 4.78 is 5.17. The summed E-state index contributed by atoms with van der Waals surface area (Å²) in [5.41, 5.74) is 7.54. The first kappa shape index (κ1) is 13.4. The zero-order valence-electron chi connectivity index (χ0n) is 11.6. The van der Waals surface area contributed by atoms with E-state index in [9.17, 15) is 0 Å². The molecule has 0 saturated heterocycles. The van der Waals surface area contributed by atoms with Gasteiger partial charge in [0.2, 0.25) is 0 Å². The minimum atomic E-state index is 0.0570. The maximum absolute atomic E-state index is 6.37. The Hall–Kier alpha value is -1.06. The number of methoxy groups -OCH3 is 1. The normalized spacial score (nSPS) is 19.4. The zero-order chi connectivity index (χ0) is 13.1. The van der Waals surface area contributed by atoms with Crippen LogP contribution in [0.25, 0.3) is 0 Å². The fraction of sp³-hybridized carbons (Fsp3) is 0.600. The number of rotatable bonds is 5. The van der Waals surface area contributed by atoms with Crippen LogP contribution in [0.15, 0.2) is 24.3 Å². The van der Waals surface area contributed by atoms with Crippen LogP contribution in [0.5, 0.6) is 5.75 Å². The predicted octanol–water partition coefficient (Wildman–Crippen LogP) is 2.57. The summed E-state index contributed by atoms with van der Waals surface area (Å²) in [7, 11) is 3.87. The molecule has 100 valence electrons. The first-order valence-corrected chi connectivity index (χ1v) is 6.75. The SMILES string of the molecule is COc1ccc(C(N)C(C)N(C)C2CCC2)cc1. The second-order valence-electron chi connectivity index (χ2n) is 5.29. The molecule has 0 aliphatic heterocycles. The Kier molecular flexibility index (Phi) is 4.25. The van der Waals surface area contributed by atoms with E-state index in [1.165, 1.54) is 24.8 Å². The second-order valence-corrected chi connectivity index (χ2v) is 5.29. The Bertz CT molecular complexity index is 373. The van der Waals surface area contributed by atoms with Crippen LogP contribution in [0.3, 0.4) is 0 Å². The number of hydrogen-bond acceptors (Lipinski definition) is 3. The summed E-state index contributed by atoms with van der Waals surface area (Å²) in [6.07, 6.45) is 3.99. The van der Waals surface area contributed by atoms with Crippen LogP contribution in [-0.4, -0.2) is 31.1 Å². The first-order valence-electron chi connectivity index (χ1n) is 6.75. The number of hydrogen-bond donors (Lipinski definition) is 1. The molecule has 0 spiro atoms. The van der Waals surface area contributed by atoms with E-state index in [0.29, 0.717) is 6.04 Å². The van der Waals surface area contributed by atoms with Crippen molar-refractivity contribution in [2.24, 2.45) is 5.73 Å². The molecule has 3 nitrogen and oxygen atoms in total. The average Bonchev–Trinajstić information content (AvgIpc) is 2.35. The third kappa shape index (κ3) is 2.68. The molecule has 1 aromatic rings. The van der Waals surface area contributed by atoms with Crippen molar-refractivity contribution >= 4 is 0 Å². The summed E-state index contributed by atoms with van der Waals surface area (Å²) in [6.45, 7) is 2.22. The van der Waals surface area contributed by atoms with Crippen molar-refractivity contribution in [2.45, 2.75) is 44.3 Å². The minimum Gasteiger partial charge on any atom is -0.497 e. The van der Waals surface area contributed by atoms with Gasteiger partial charge in [-0.1, -0.05) is 18.6 Å². The molecule has 1 aliphatic rings. The highest BCUT2D eigenvalue weighted by Crippen LogP contribution is 2.28. The molecule has 0 radical (unpaired) electrons. The molecule has 2 N–H and O–H groups in total. The van der Waals surface area contributed by atoms with E-state index in [0.717, 1.165) is 11.8 Å². The van der Waals surface area contributed by atoms with Gasteiger partial charge in [0.05, 0.1) is 7.11 Å². The van der Waals surface area contributed by atoms with Gasteiger partial charge in [0.25, 0.3) is 0 Å². The average molecular weight is 248 g/mol. The van der Waals surface area contributed by atoms with Crippen LogP contribution in [0.2, 0.25) is 0 Å². The molecular weight excluding hydrogens is 224 g/mol. The molecule has 0 heterocycles. The van der Waals surface area contributed by atoms with Gasteiger partial charge >= 0.3 is 0 Å². The monoisotopic (exact) mass is 248 g/mol. The van der Waals surface area contributed by atoms with Gasteiger partial charge in [0.15, 0.2) is 0 Å². The predicted molar refractivity (Wildman–Crippen MR) is 74.8 cm³/mol. The Labute approximate surface area is 110 Å². The van der Waals surface area contributed by atoms with Crippen LogP contribution < -0.4 is 10.5 Å². The first-order chi connectivity index (χ1) is 8.63. The molecular formula is C15H24N2O. The molecule has 1 saturated carbocycles. The van der Waals surface area contributed by atoms with Gasteiger partial charge in [-0.15, -0.1) is 0 Å². The van der Waals surface area contributed by atoms with E-state index in [-0.39, 0.29) is 6.04 Å². The largest absolute Gasteiger partial charge is 0.497 e. The van der Waals surface area contributed by atoms with E-state index in [4.69, 9.17) is 10.5 Å². The van der Waals surface area contributed by atoms with Gasteiger partial charge < -0.3 is 10.5 Å². The van der Waals surface area contributed by atoms with Crippen LogP contribution in [0.1, 0.15) is 37.8 Å². The topological polar surface area (TPSA) is 38.5 Å². The number of nitrogens with zero attached hydrogens (tertiary/aromatic N) is 1. The van der Waals surface area contributed by atoms with Gasteiger partial charge in [0, 0.05) is 18.1 Å². The quantitative estimate of drug-likeness (QED) is 0.870. The molecule has 3 heteroatoms. The molecule has 2 atom stereocenters. The number of likely N-dealkylation sites (N-methyl/N-ethyl adjacent to an activating group) is 1. The van der Waals surface area contributed by atoms with Gasteiger partial charge in [-0.25, -0.2) is 0 Å². The van der Waals surface area contributed by atoms with Crippen LogP contribution in [-0.2, 0) is 0 Å². The minimum absolute atomic E-state index is 0.0570. The summed E-state index contributed by atoms with van der Waals surface area (Å²) in [6, 6.07) is 9.23. The number of nitrogens with two attached hydrogens (primary N) is 1. The van der Waals surface area contributed by atoms with Gasteiger partial charge in [-0.2, -0.15) is 0 Å². The molecule has 0 amide bonds. The smallest absolute Gasteiger partial charge is 0.118 e.